The summed E-state index contributed by atoms with van der Waals surface area (Å²) in [7, 11) is 5.55. The Hall–Kier alpha value is -11.3. The monoisotopic (exact) mass is 1730 g/mol. The van der Waals surface area contributed by atoms with E-state index in [0.717, 1.165) is 142 Å². The highest BCUT2D eigenvalue weighted by Gasteiger charge is 2.38. The second-order valence-corrected chi connectivity index (χ2v) is 34.4. The van der Waals surface area contributed by atoms with Gasteiger partial charge < -0.3 is 49.8 Å². The zero-order valence-corrected chi connectivity index (χ0v) is 73.5. The van der Waals surface area contributed by atoms with Gasteiger partial charge in [-0.05, 0) is 174 Å². The fraction of sp³-hybridized carbons (Fsp3) is 0.478. The number of carboxylic acid groups (broad SMARTS) is 2. The van der Waals surface area contributed by atoms with Crippen molar-refractivity contribution in [2.24, 2.45) is 21.1 Å². The van der Waals surface area contributed by atoms with Gasteiger partial charge in [-0.2, -0.15) is 39.0 Å². The molecule has 12 rings (SSSR count). The van der Waals surface area contributed by atoms with E-state index in [0.29, 0.717) is 100 Å². The molecule has 121 heavy (non-hydrogen) atoms. The SMILES string of the molecule is CCOC(=O)CC(Cc1cc(OCCc2ccc3c(n2)NCCC3)n(C)n1)c1cc(C(C)(C)C)ccc1Br.CCOC(=O)CC(Cc1cc(OCCc2ccc3c(n2)NCCC3)n(C)n1)c1cc(C(C)(C)C)ccc1C#N.Cn1nc(CC(CC(=O)O)c2cc(C(C)(C)C)ccc2C#N)cc1OCCc1ccc2c(n1)NCCC2.O=C(O)C(F)(F)F. The van der Waals surface area contributed by atoms with E-state index >= 15 is 0 Å². The van der Waals surface area contributed by atoms with Crippen LogP contribution in [0.5, 0.6) is 17.6 Å². The van der Waals surface area contributed by atoms with Crippen LogP contribution in [0.15, 0.2) is 114 Å². The molecule has 3 aliphatic rings. The maximum absolute atomic E-state index is 12.6. The maximum atomic E-state index is 12.6. The third kappa shape index (κ3) is 27.6. The zero-order chi connectivity index (χ0) is 87.9. The van der Waals surface area contributed by atoms with Crippen LogP contribution >= 0.6 is 15.9 Å². The number of carboxylic acids is 2. The number of hydrogen-bond donors (Lipinski definition) is 5. The number of aromatic nitrogens is 9. The number of anilines is 3. The lowest BCUT2D eigenvalue weighted by Crippen LogP contribution is -2.21. The highest BCUT2D eigenvalue weighted by atomic mass is 79.9. The average Bonchev–Trinajstić information content (AvgIpc) is 1.80. The van der Waals surface area contributed by atoms with Crippen molar-refractivity contribution >= 4 is 57.3 Å². The number of rotatable bonds is 29. The summed E-state index contributed by atoms with van der Waals surface area (Å²) in [5.74, 6) is 0.0632. The minimum Gasteiger partial charge on any atom is -0.481 e. The van der Waals surface area contributed by atoms with E-state index in [1.807, 2.05) is 70.5 Å². The van der Waals surface area contributed by atoms with Crippen molar-refractivity contribution in [1.82, 2.24) is 44.3 Å². The van der Waals surface area contributed by atoms with Gasteiger partial charge in [0.05, 0.1) is 92.6 Å². The number of carbonyl (C=O) groups excluding carboxylic acids is 2. The number of aliphatic carboxylic acids is 2. The molecule has 3 aliphatic heterocycles. The Morgan fingerprint density at radius 1 is 0.471 bits per heavy atom. The van der Waals surface area contributed by atoms with Gasteiger partial charge in [0.25, 0.3) is 0 Å². The van der Waals surface area contributed by atoms with E-state index in [4.69, 9.17) is 53.6 Å². The van der Waals surface area contributed by atoms with E-state index in [2.05, 4.69) is 177 Å². The molecule has 3 unspecified atom stereocenters. The first-order chi connectivity index (χ1) is 57.4. The highest BCUT2D eigenvalue weighted by Crippen LogP contribution is 2.39. The molecule has 3 atom stereocenters. The first-order valence-electron chi connectivity index (χ1n) is 41.3. The first-order valence-corrected chi connectivity index (χ1v) is 42.1. The second-order valence-electron chi connectivity index (χ2n) is 33.5. The van der Waals surface area contributed by atoms with Crippen LogP contribution in [0, 0.1) is 22.7 Å². The molecular formula is C92H114BrF3N14O11. The third-order valence-corrected chi connectivity index (χ3v) is 21.8. The summed E-state index contributed by atoms with van der Waals surface area (Å²) < 4.78 is 66.7. The number of ether oxygens (including phenoxy) is 5. The average molecular weight is 1730 g/mol. The van der Waals surface area contributed by atoms with Gasteiger partial charge in [-0.3, -0.25) is 14.4 Å². The standard InChI is InChI=1S/C31H39N5O3.C30H39BrN4O3.C29H35N5O3.C2HF3O2/c1-6-38-29(37)17-23(27-18-24(31(2,3)4)11-9-22(27)20-32)16-26-19-28(36(5)35-26)39-15-13-25-12-10-21-8-7-14-33-30(21)34-25;1-6-37-28(36)17-21(25-18-22(30(2,3)4)10-12-26(25)31)16-24-19-27(35(5)34-24)38-15-13-23-11-9-20-8-7-14-32-29(20)33-23;1-29(2,3)22-9-7-20(18-30)25(16-22)21(15-27(35)36)14-24-17-26(34(4)33-24)37-13-11-23-10-8-19-6-5-12-31-28(19)32-23;3-2(4,5)1(6)7/h9-12,18-19,23H,6-8,13-17H2,1-5H3,(H,33,34);9-12,18-19,21H,6-8,13-17H2,1-5H3,(H,32,33);7-10,16-17,21H,5-6,11-15H2,1-4H3,(H,31,32)(H,35,36);(H,6,7). The summed E-state index contributed by atoms with van der Waals surface area (Å²) in [6.07, 6.45) is 5.45. The van der Waals surface area contributed by atoms with Gasteiger partial charge in [0.1, 0.15) is 17.5 Å². The lowest BCUT2D eigenvalue weighted by Gasteiger charge is -2.23. The summed E-state index contributed by atoms with van der Waals surface area (Å²) in [6.45, 7) is 27.9. The minimum atomic E-state index is -5.08. The van der Waals surface area contributed by atoms with Gasteiger partial charge in [-0.1, -0.05) is 133 Å². The lowest BCUT2D eigenvalue weighted by atomic mass is 9.81. The maximum Gasteiger partial charge on any atom is 0.490 e. The number of benzene rings is 3. The van der Waals surface area contributed by atoms with Crippen molar-refractivity contribution < 1.29 is 66.2 Å². The molecule has 646 valence electrons. The van der Waals surface area contributed by atoms with Gasteiger partial charge in [0.15, 0.2) is 0 Å². The Morgan fingerprint density at radius 3 is 1.09 bits per heavy atom. The Bertz CT molecular complexity index is 5140. The molecule has 0 amide bonds. The zero-order valence-electron chi connectivity index (χ0n) is 71.9. The molecule has 9 heterocycles. The number of halogens is 4. The molecule has 0 radical (unpaired) electrons. The van der Waals surface area contributed by atoms with Crippen molar-refractivity contribution in [2.45, 2.75) is 213 Å². The number of pyridine rings is 3. The summed E-state index contributed by atoms with van der Waals surface area (Å²) in [6, 6.07) is 41.0. The smallest absolute Gasteiger partial charge is 0.481 e. The predicted molar refractivity (Wildman–Crippen MR) is 461 cm³/mol. The second kappa shape index (κ2) is 42.7. The molecular weight excluding hydrogens is 1610 g/mol. The normalized spacial score (nSPS) is 13.7. The molecule has 0 bridgehead atoms. The van der Waals surface area contributed by atoms with E-state index in [1.165, 1.54) is 22.3 Å². The number of nitrogens with zero attached hydrogens (tertiary/aromatic N) is 11. The fourth-order valence-electron chi connectivity index (χ4n) is 14.5. The number of esters is 2. The summed E-state index contributed by atoms with van der Waals surface area (Å²) in [5, 5.41) is 60.4. The highest BCUT2D eigenvalue weighted by molar-refractivity contribution is 9.10. The minimum absolute atomic E-state index is 0.00108. The van der Waals surface area contributed by atoms with Crippen molar-refractivity contribution in [3.05, 3.63) is 209 Å². The molecule has 0 aliphatic carbocycles. The number of nitriles is 2. The summed E-state index contributed by atoms with van der Waals surface area (Å²) >= 11 is 3.73. The van der Waals surface area contributed by atoms with Gasteiger partial charge in [0.2, 0.25) is 17.6 Å². The Labute approximate surface area is 715 Å². The van der Waals surface area contributed by atoms with E-state index < -0.39 is 18.1 Å². The van der Waals surface area contributed by atoms with Gasteiger partial charge in [-0.25, -0.2) is 33.8 Å². The van der Waals surface area contributed by atoms with E-state index in [-0.39, 0.29) is 65.2 Å². The van der Waals surface area contributed by atoms with Crippen molar-refractivity contribution in [2.75, 3.05) is 68.6 Å². The molecule has 6 aromatic heterocycles. The predicted octanol–water partition coefficient (Wildman–Crippen LogP) is 16.8. The number of alkyl halides is 3. The molecule has 25 nitrogen and oxygen atoms in total. The van der Waals surface area contributed by atoms with E-state index in [1.54, 1.807) is 27.0 Å². The van der Waals surface area contributed by atoms with Gasteiger partial charge in [-0.15, -0.1) is 0 Å². The number of aryl methyl sites for hydroxylation is 6. The van der Waals surface area contributed by atoms with Crippen molar-refractivity contribution in [3.63, 3.8) is 0 Å². The molecule has 0 saturated heterocycles. The van der Waals surface area contributed by atoms with Crippen LogP contribution in [-0.2, 0) is 124 Å². The molecule has 29 heteroatoms. The van der Waals surface area contributed by atoms with Crippen molar-refractivity contribution in [1.29, 1.82) is 10.5 Å². The quantitative estimate of drug-likeness (QED) is 0.0272. The Morgan fingerprint density at radius 2 is 0.785 bits per heavy atom. The summed E-state index contributed by atoms with van der Waals surface area (Å²) in [5.41, 5.74) is 16.1. The summed E-state index contributed by atoms with van der Waals surface area (Å²) in [4.78, 5) is 60.0. The number of nitrogens with one attached hydrogen (secondary N) is 3. The molecule has 0 spiro atoms. The molecule has 9 aromatic rings. The Kier molecular flexibility index (Phi) is 33.0. The Balaban J connectivity index is 0.000000198. The first kappa shape index (κ1) is 93.5. The van der Waals surface area contributed by atoms with Crippen LogP contribution in [0.4, 0.5) is 30.6 Å². The van der Waals surface area contributed by atoms with Crippen LogP contribution in [0.1, 0.15) is 228 Å². The fourth-order valence-corrected chi connectivity index (χ4v) is 15.0. The number of carbonyl (C=O) groups is 4. The third-order valence-electron chi connectivity index (χ3n) is 21.1. The lowest BCUT2D eigenvalue weighted by molar-refractivity contribution is -0.192. The molecule has 0 saturated carbocycles. The van der Waals surface area contributed by atoms with Crippen LogP contribution in [0.2, 0.25) is 0 Å². The van der Waals surface area contributed by atoms with Crippen LogP contribution in [0.25, 0.3) is 0 Å². The number of fused-ring (bicyclic) bond motifs is 3. The molecule has 3 aromatic carbocycles. The molecule has 0 fully saturated rings. The largest absolute Gasteiger partial charge is 0.490 e. The van der Waals surface area contributed by atoms with Gasteiger partial charge >= 0.3 is 30.1 Å². The number of hydrogen-bond acceptors (Lipinski definition) is 20. The van der Waals surface area contributed by atoms with Gasteiger partial charge in [0, 0.05) is 118 Å². The van der Waals surface area contributed by atoms with Crippen LogP contribution < -0.4 is 30.2 Å². The van der Waals surface area contributed by atoms with Crippen molar-refractivity contribution in [3.8, 4) is 29.8 Å². The van der Waals surface area contributed by atoms with Crippen LogP contribution in [-0.4, -0.2) is 137 Å². The topological polar surface area (TPSA) is 331 Å². The molecule has 5 N–H and O–H groups in total. The van der Waals surface area contributed by atoms with Crippen LogP contribution in [0.3, 0.4) is 0 Å². The van der Waals surface area contributed by atoms with E-state index in [9.17, 15) is 43.2 Å².